The molecule has 0 saturated heterocycles. The zero-order valence-corrected chi connectivity index (χ0v) is 7.89. The van der Waals surface area contributed by atoms with E-state index in [-0.39, 0.29) is 11.7 Å². The minimum Gasteiger partial charge on any atom is -0.383 e. The number of hydrogen-bond acceptors (Lipinski definition) is 4. The Morgan fingerprint density at radius 2 is 2.43 bits per heavy atom. The molecule has 0 radical (unpaired) electrons. The first kappa shape index (κ1) is 10.3. The zero-order valence-electron chi connectivity index (χ0n) is 7.13. The molecule has 0 atom stereocenters. The summed E-state index contributed by atoms with van der Waals surface area (Å²) in [5.74, 6) is 0.294. The summed E-state index contributed by atoms with van der Waals surface area (Å²) < 4.78 is 0. The van der Waals surface area contributed by atoms with Gasteiger partial charge in [-0.05, 0) is 5.53 Å². The molecular formula is C7H7ClN6. The van der Waals surface area contributed by atoms with Crippen molar-refractivity contribution in [1.82, 2.24) is 9.97 Å². The second-order valence-corrected chi connectivity index (χ2v) is 2.64. The van der Waals surface area contributed by atoms with Crippen LogP contribution in [-0.4, -0.2) is 16.5 Å². The molecule has 0 aliphatic rings. The topological polar surface area (TPSA) is 101 Å². The van der Waals surface area contributed by atoms with Gasteiger partial charge in [-0.1, -0.05) is 28.9 Å². The van der Waals surface area contributed by atoms with E-state index in [1.165, 1.54) is 6.33 Å². The molecule has 1 rings (SSSR count). The lowest BCUT2D eigenvalue weighted by Crippen LogP contribution is -1.95. The maximum Gasteiger partial charge on any atom is 0.141 e. The number of halogens is 1. The van der Waals surface area contributed by atoms with Crippen molar-refractivity contribution < 1.29 is 0 Å². The standard InChI is InChI=1S/C7H7ClN6/c8-6-5(2-1-3-13-14-10)7(9)12-4-11-6/h1-2,4H,3H2,(H2,9,11,12). The van der Waals surface area contributed by atoms with Crippen LogP contribution >= 0.6 is 11.6 Å². The van der Waals surface area contributed by atoms with Crippen LogP contribution in [0, 0.1) is 0 Å². The molecule has 0 fully saturated rings. The van der Waals surface area contributed by atoms with E-state index in [0.717, 1.165) is 0 Å². The Labute approximate surface area is 85.1 Å². The molecule has 6 nitrogen and oxygen atoms in total. The highest BCUT2D eigenvalue weighted by molar-refractivity contribution is 6.31. The van der Waals surface area contributed by atoms with Crippen molar-refractivity contribution in [3.63, 3.8) is 0 Å². The van der Waals surface area contributed by atoms with E-state index in [2.05, 4.69) is 20.0 Å². The first-order valence-electron chi connectivity index (χ1n) is 3.69. The van der Waals surface area contributed by atoms with Crippen molar-refractivity contribution in [3.8, 4) is 0 Å². The number of hydrogen-bond donors (Lipinski definition) is 1. The monoisotopic (exact) mass is 210 g/mol. The van der Waals surface area contributed by atoms with Gasteiger partial charge in [0.1, 0.15) is 17.3 Å². The minimum absolute atomic E-state index is 0.237. The molecule has 1 aromatic rings. The Kier molecular flexibility index (Phi) is 3.72. The van der Waals surface area contributed by atoms with E-state index in [4.69, 9.17) is 22.9 Å². The highest BCUT2D eigenvalue weighted by Crippen LogP contribution is 2.18. The Hall–Kier alpha value is -1.78. The highest BCUT2D eigenvalue weighted by atomic mass is 35.5. The summed E-state index contributed by atoms with van der Waals surface area (Å²) >= 11 is 5.76. The lowest BCUT2D eigenvalue weighted by Gasteiger charge is -1.99. The average molecular weight is 211 g/mol. The molecule has 7 heteroatoms. The first-order chi connectivity index (χ1) is 6.75. The summed E-state index contributed by atoms with van der Waals surface area (Å²) in [6.45, 7) is 0.237. The molecule has 0 bridgehead atoms. The van der Waals surface area contributed by atoms with Crippen LogP contribution in [0.2, 0.25) is 5.15 Å². The van der Waals surface area contributed by atoms with E-state index < -0.39 is 0 Å². The Morgan fingerprint density at radius 3 is 3.07 bits per heavy atom. The van der Waals surface area contributed by atoms with Crippen LogP contribution in [0.4, 0.5) is 5.82 Å². The molecule has 0 unspecified atom stereocenters. The van der Waals surface area contributed by atoms with Gasteiger partial charge in [0.15, 0.2) is 0 Å². The van der Waals surface area contributed by atoms with E-state index in [1.54, 1.807) is 12.2 Å². The van der Waals surface area contributed by atoms with Gasteiger partial charge >= 0.3 is 0 Å². The van der Waals surface area contributed by atoms with Crippen LogP contribution in [0.1, 0.15) is 5.56 Å². The number of aromatic nitrogens is 2. The summed E-state index contributed by atoms with van der Waals surface area (Å²) in [4.78, 5) is 10.1. The van der Waals surface area contributed by atoms with E-state index in [0.29, 0.717) is 11.4 Å². The van der Waals surface area contributed by atoms with Crippen LogP contribution in [0.3, 0.4) is 0 Å². The number of nitrogens with two attached hydrogens (primary N) is 1. The number of nitrogen functional groups attached to an aromatic ring is 1. The van der Waals surface area contributed by atoms with Crippen LogP contribution in [0.25, 0.3) is 16.5 Å². The predicted octanol–water partition coefficient (Wildman–Crippen LogP) is 2.04. The van der Waals surface area contributed by atoms with Crippen molar-refractivity contribution in [1.29, 1.82) is 0 Å². The summed E-state index contributed by atoms with van der Waals surface area (Å²) in [7, 11) is 0. The summed E-state index contributed by atoms with van der Waals surface area (Å²) in [6, 6.07) is 0. The molecule has 1 heterocycles. The third-order valence-electron chi connectivity index (χ3n) is 1.40. The molecule has 2 N–H and O–H groups in total. The van der Waals surface area contributed by atoms with Gasteiger partial charge in [0.2, 0.25) is 0 Å². The van der Waals surface area contributed by atoms with Gasteiger partial charge in [0, 0.05) is 11.5 Å². The van der Waals surface area contributed by atoms with Crippen molar-refractivity contribution in [2.75, 3.05) is 12.3 Å². The van der Waals surface area contributed by atoms with Crippen molar-refractivity contribution in [3.05, 3.63) is 33.6 Å². The molecule has 0 spiro atoms. The number of anilines is 1. The maximum absolute atomic E-state index is 8.02. The average Bonchev–Trinajstić information content (AvgIpc) is 2.16. The second kappa shape index (κ2) is 5.06. The smallest absolute Gasteiger partial charge is 0.141 e. The zero-order chi connectivity index (χ0) is 10.4. The van der Waals surface area contributed by atoms with Gasteiger partial charge in [-0.25, -0.2) is 9.97 Å². The van der Waals surface area contributed by atoms with E-state index in [1.807, 2.05) is 0 Å². The molecule has 0 aliphatic carbocycles. The van der Waals surface area contributed by atoms with Crippen LogP contribution in [0.5, 0.6) is 0 Å². The van der Waals surface area contributed by atoms with Gasteiger partial charge < -0.3 is 5.73 Å². The van der Waals surface area contributed by atoms with Crippen LogP contribution in [-0.2, 0) is 0 Å². The Morgan fingerprint density at radius 1 is 1.64 bits per heavy atom. The molecule has 0 aromatic carbocycles. The lowest BCUT2D eigenvalue weighted by atomic mass is 10.3. The fourth-order valence-corrected chi connectivity index (χ4v) is 0.998. The van der Waals surface area contributed by atoms with Gasteiger partial charge in [-0.3, -0.25) is 0 Å². The van der Waals surface area contributed by atoms with Crippen molar-refractivity contribution in [2.24, 2.45) is 5.11 Å². The lowest BCUT2D eigenvalue weighted by molar-refractivity contribution is 1.16. The number of azide groups is 1. The van der Waals surface area contributed by atoms with Gasteiger partial charge in [-0.15, -0.1) is 0 Å². The van der Waals surface area contributed by atoms with Crippen LogP contribution < -0.4 is 5.73 Å². The molecule has 0 aliphatic heterocycles. The first-order valence-corrected chi connectivity index (χ1v) is 4.07. The molecule has 72 valence electrons. The second-order valence-electron chi connectivity index (χ2n) is 2.28. The third-order valence-corrected chi connectivity index (χ3v) is 1.70. The summed E-state index contributed by atoms with van der Waals surface area (Å²) in [6.07, 6.45) is 4.52. The predicted molar refractivity (Wildman–Crippen MR) is 54.5 cm³/mol. The number of rotatable bonds is 3. The quantitative estimate of drug-likeness (QED) is 0.357. The summed E-state index contributed by atoms with van der Waals surface area (Å²) in [5.41, 5.74) is 14.1. The SMILES string of the molecule is [N-]=[N+]=NCC=Cc1c(N)ncnc1Cl. The largest absolute Gasteiger partial charge is 0.383 e. The highest BCUT2D eigenvalue weighted by Gasteiger charge is 2.01. The molecular weight excluding hydrogens is 204 g/mol. The fraction of sp³-hybridized carbons (Fsp3) is 0.143. The van der Waals surface area contributed by atoms with E-state index in [9.17, 15) is 0 Å². The van der Waals surface area contributed by atoms with E-state index >= 15 is 0 Å². The molecule has 0 saturated carbocycles. The Bertz CT molecular complexity index is 375. The minimum atomic E-state index is 0.237. The number of nitrogens with zero attached hydrogens (tertiary/aromatic N) is 5. The van der Waals surface area contributed by atoms with Crippen LogP contribution in [0.15, 0.2) is 17.5 Å². The normalized spacial score (nSPS) is 10.1. The molecule has 0 amide bonds. The van der Waals surface area contributed by atoms with Crippen molar-refractivity contribution >= 4 is 23.5 Å². The van der Waals surface area contributed by atoms with Gasteiger partial charge in [-0.2, -0.15) is 0 Å². The molecule has 1 aromatic heterocycles. The molecule has 14 heavy (non-hydrogen) atoms. The van der Waals surface area contributed by atoms with Crippen molar-refractivity contribution in [2.45, 2.75) is 0 Å². The third kappa shape index (κ3) is 2.62. The fourth-order valence-electron chi connectivity index (χ4n) is 0.795. The Balaban J connectivity index is 2.85. The maximum atomic E-state index is 8.02. The summed E-state index contributed by atoms with van der Waals surface area (Å²) in [5, 5.41) is 3.59. The van der Waals surface area contributed by atoms with Gasteiger partial charge in [0.05, 0.1) is 5.56 Å². The van der Waals surface area contributed by atoms with Gasteiger partial charge in [0.25, 0.3) is 0 Å².